The molecule has 6 nitrogen and oxygen atoms in total. The Balaban J connectivity index is 1.58. The molecule has 2 aromatic carbocycles. The van der Waals surface area contributed by atoms with Gasteiger partial charge < -0.3 is 19.5 Å². The van der Waals surface area contributed by atoms with Gasteiger partial charge in [0.25, 0.3) is 5.91 Å². The van der Waals surface area contributed by atoms with E-state index in [1.54, 1.807) is 32.4 Å². The second kappa shape index (κ2) is 8.88. The average Bonchev–Trinajstić information content (AvgIpc) is 2.74. The molecule has 27 heavy (non-hydrogen) atoms. The number of hydrogen-bond acceptors (Lipinski definition) is 5. The number of aliphatic hydroxyl groups excluding tert-OH is 1. The quantitative estimate of drug-likeness (QED) is 0.845. The van der Waals surface area contributed by atoms with Gasteiger partial charge >= 0.3 is 0 Å². The Morgan fingerprint density at radius 3 is 2.15 bits per heavy atom. The number of ether oxygens (including phenoxy) is 2. The van der Waals surface area contributed by atoms with Crippen LogP contribution in [0.3, 0.4) is 0 Å². The molecule has 1 atom stereocenters. The van der Waals surface area contributed by atoms with E-state index in [9.17, 15) is 9.90 Å². The molecule has 0 aromatic heterocycles. The van der Waals surface area contributed by atoms with Crippen LogP contribution in [0.15, 0.2) is 48.5 Å². The van der Waals surface area contributed by atoms with E-state index < -0.39 is 6.10 Å². The monoisotopic (exact) mass is 370 g/mol. The zero-order valence-electron chi connectivity index (χ0n) is 15.8. The van der Waals surface area contributed by atoms with Crippen LogP contribution < -0.4 is 9.47 Å². The fourth-order valence-electron chi connectivity index (χ4n) is 3.27. The zero-order chi connectivity index (χ0) is 19.2. The Morgan fingerprint density at radius 2 is 1.59 bits per heavy atom. The van der Waals surface area contributed by atoms with E-state index in [0.29, 0.717) is 36.7 Å². The fourth-order valence-corrected chi connectivity index (χ4v) is 3.27. The summed E-state index contributed by atoms with van der Waals surface area (Å²) in [7, 11) is 3.14. The molecule has 1 N–H and O–H groups in total. The highest BCUT2D eigenvalue weighted by Crippen LogP contribution is 2.24. The lowest BCUT2D eigenvalue weighted by atomic mass is 10.1. The van der Waals surface area contributed by atoms with E-state index in [-0.39, 0.29) is 5.91 Å². The lowest BCUT2D eigenvalue weighted by molar-refractivity contribution is 0.0527. The van der Waals surface area contributed by atoms with Crippen LogP contribution in [-0.4, -0.2) is 67.8 Å². The molecule has 1 amide bonds. The molecule has 0 spiro atoms. The van der Waals surface area contributed by atoms with Gasteiger partial charge in [0.15, 0.2) is 0 Å². The molecule has 1 saturated heterocycles. The summed E-state index contributed by atoms with van der Waals surface area (Å²) in [6.45, 7) is 3.28. The van der Waals surface area contributed by atoms with Gasteiger partial charge in [-0.25, -0.2) is 0 Å². The zero-order valence-corrected chi connectivity index (χ0v) is 15.8. The molecule has 3 rings (SSSR count). The Bertz CT molecular complexity index is 736. The highest BCUT2D eigenvalue weighted by Gasteiger charge is 2.24. The van der Waals surface area contributed by atoms with E-state index in [2.05, 4.69) is 4.90 Å². The number of hydrogen-bond donors (Lipinski definition) is 1. The number of benzene rings is 2. The van der Waals surface area contributed by atoms with Crippen LogP contribution in [0.1, 0.15) is 22.0 Å². The molecule has 0 aliphatic carbocycles. The van der Waals surface area contributed by atoms with Gasteiger partial charge in [0.2, 0.25) is 0 Å². The smallest absolute Gasteiger partial charge is 0.254 e. The van der Waals surface area contributed by atoms with Gasteiger partial charge in [0, 0.05) is 44.4 Å². The van der Waals surface area contributed by atoms with Gasteiger partial charge in [-0.05, 0) is 17.7 Å². The molecule has 0 saturated carbocycles. The summed E-state index contributed by atoms with van der Waals surface area (Å²) < 4.78 is 10.5. The normalized spacial score (nSPS) is 16.0. The molecule has 144 valence electrons. The number of carbonyl (C=O) groups excluding carboxylic acids is 1. The summed E-state index contributed by atoms with van der Waals surface area (Å²) in [6, 6.07) is 14.9. The standard InChI is InChI=1S/C21H26N2O4/c1-26-18-12-17(13-19(14-18)27-2)21(25)23-10-8-22(9-11-23)15-20(24)16-6-4-3-5-7-16/h3-7,12-14,20,24H,8-11,15H2,1-2H3/t20-/m1/s1. The highest BCUT2D eigenvalue weighted by molar-refractivity contribution is 5.95. The van der Waals surface area contributed by atoms with Crippen molar-refractivity contribution in [3.8, 4) is 11.5 Å². The molecule has 1 aliphatic heterocycles. The van der Waals surface area contributed by atoms with Gasteiger partial charge in [-0.2, -0.15) is 0 Å². The molecule has 2 aromatic rings. The van der Waals surface area contributed by atoms with Gasteiger partial charge in [-0.3, -0.25) is 9.69 Å². The number of rotatable bonds is 6. The average molecular weight is 370 g/mol. The minimum atomic E-state index is -0.518. The number of aliphatic hydroxyl groups is 1. The van der Waals surface area contributed by atoms with E-state index in [0.717, 1.165) is 18.7 Å². The van der Waals surface area contributed by atoms with Crippen molar-refractivity contribution in [1.82, 2.24) is 9.80 Å². The molecular formula is C21H26N2O4. The third-order valence-corrected chi connectivity index (χ3v) is 4.87. The molecule has 1 fully saturated rings. The van der Waals surface area contributed by atoms with Crippen molar-refractivity contribution in [2.75, 3.05) is 46.9 Å². The fraction of sp³-hybridized carbons (Fsp3) is 0.381. The number of methoxy groups -OCH3 is 2. The van der Waals surface area contributed by atoms with E-state index in [4.69, 9.17) is 9.47 Å². The largest absolute Gasteiger partial charge is 0.497 e. The number of amides is 1. The van der Waals surface area contributed by atoms with Crippen molar-refractivity contribution in [2.24, 2.45) is 0 Å². The van der Waals surface area contributed by atoms with Crippen molar-refractivity contribution >= 4 is 5.91 Å². The molecule has 1 aliphatic rings. The van der Waals surface area contributed by atoms with Gasteiger partial charge in [-0.15, -0.1) is 0 Å². The molecular weight excluding hydrogens is 344 g/mol. The first-order chi connectivity index (χ1) is 13.1. The number of carbonyl (C=O) groups is 1. The topological polar surface area (TPSA) is 62.2 Å². The van der Waals surface area contributed by atoms with Gasteiger partial charge in [0.05, 0.1) is 20.3 Å². The second-order valence-electron chi connectivity index (χ2n) is 6.62. The molecule has 6 heteroatoms. The summed E-state index contributed by atoms with van der Waals surface area (Å²) in [5.74, 6) is 1.17. The lowest BCUT2D eigenvalue weighted by Crippen LogP contribution is -2.49. The summed E-state index contributed by atoms with van der Waals surface area (Å²) in [5, 5.41) is 10.4. The minimum absolute atomic E-state index is 0.0320. The lowest BCUT2D eigenvalue weighted by Gasteiger charge is -2.35. The minimum Gasteiger partial charge on any atom is -0.497 e. The van der Waals surface area contributed by atoms with E-state index in [1.807, 2.05) is 35.2 Å². The first kappa shape index (κ1) is 19.2. The Morgan fingerprint density at radius 1 is 1.00 bits per heavy atom. The van der Waals surface area contributed by atoms with Crippen LogP contribution in [0.2, 0.25) is 0 Å². The Kier molecular flexibility index (Phi) is 6.32. The molecule has 0 unspecified atom stereocenters. The van der Waals surface area contributed by atoms with Crippen molar-refractivity contribution < 1.29 is 19.4 Å². The summed E-state index contributed by atoms with van der Waals surface area (Å²) >= 11 is 0. The molecule has 0 bridgehead atoms. The van der Waals surface area contributed by atoms with Crippen LogP contribution in [-0.2, 0) is 0 Å². The van der Waals surface area contributed by atoms with Crippen LogP contribution in [0, 0.1) is 0 Å². The van der Waals surface area contributed by atoms with Gasteiger partial charge in [0.1, 0.15) is 11.5 Å². The van der Waals surface area contributed by atoms with Crippen molar-refractivity contribution in [1.29, 1.82) is 0 Å². The van der Waals surface area contributed by atoms with Crippen LogP contribution in [0.5, 0.6) is 11.5 Å². The third-order valence-electron chi connectivity index (χ3n) is 4.87. The highest BCUT2D eigenvalue weighted by atomic mass is 16.5. The van der Waals surface area contributed by atoms with E-state index in [1.165, 1.54) is 0 Å². The summed E-state index contributed by atoms with van der Waals surface area (Å²) in [6.07, 6.45) is -0.518. The summed E-state index contributed by atoms with van der Waals surface area (Å²) in [4.78, 5) is 16.9. The maximum atomic E-state index is 12.8. The van der Waals surface area contributed by atoms with Crippen LogP contribution in [0.25, 0.3) is 0 Å². The SMILES string of the molecule is COc1cc(OC)cc(C(=O)N2CCN(C[C@@H](O)c3ccccc3)CC2)c1. The predicted molar refractivity (Wildman–Crippen MR) is 103 cm³/mol. The number of piperazine rings is 1. The first-order valence-electron chi connectivity index (χ1n) is 9.08. The maximum absolute atomic E-state index is 12.8. The van der Waals surface area contributed by atoms with Crippen LogP contribution >= 0.6 is 0 Å². The number of β-amino-alcohol motifs (C(OH)–C–C–N with tert-alkyl or cyclic N) is 1. The molecule has 0 radical (unpaired) electrons. The van der Waals surface area contributed by atoms with E-state index >= 15 is 0 Å². The van der Waals surface area contributed by atoms with Crippen LogP contribution in [0.4, 0.5) is 0 Å². The first-order valence-corrected chi connectivity index (χ1v) is 9.08. The third kappa shape index (κ3) is 4.78. The maximum Gasteiger partial charge on any atom is 0.254 e. The number of nitrogens with zero attached hydrogens (tertiary/aromatic N) is 2. The Labute approximate surface area is 159 Å². The van der Waals surface area contributed by atoms with Crippen molar-refractivity contribution in [3.63, 3.8) is 0 Å². The Hall–Kier alpha value is -2.57. The van der Waals surface area contributed by atoms with Crippen molar-refractivity contribution in [2.45, 2.75) is 6.10 Å². The second-order valence-corrected chi connectivity index (χ2v) is 6.62. The van der Waals surface area contributed by atoms with Crippen molar-refractivity contribution in [3.05, 3.63) is 59.7 Å². The molecule has 1 heterocycles. The predicted octanol–water partition coefficient (Wildman–Crippen LogP) is 2.20. The van der Waals surface area contributed by atoms with Gasteiger partial charge in [-0.1, -0.05) is 30.3 Å². The summed E-state index contributed by atoms with van der Waals surface area (Å²) in [5.41, 5.74) is 1.48.